The molecule has 0 bridgehead atoms. The van der Waals surface area contributed by atoms with Crippen LogP contribution in [0.15, 0.2) is 0 Å². The molecule has 0 saturated carbocycles. The van der Waals surface area contributed by atoms with E-state index in [1.54, 1.807) is 16.7 Å². The number of amides is 2. The lowest BCUT2D eigenvalue weighted by Crippen LogP contribution is -2.49. The van der Waals surface area contributed by atoms with Gasteiger partial charge in [-0.15, -0.1) is 24.2 Å². The predicted molar refractivity (Wildman–Crippen MR) is 84.2 cm³/mol. The van der Waals surface area contributed by atoms with Crippen LogP contribution < -0.4 is 5.32 Å². The summed E-state index contributed by atoms with van der Waals surface area (Å²) >= 11 is 1.68. The van der Waals surface area contributed by atoms with E-state index < -0.39 is 0 Å². The van der Waals surface area contributed by atoms with Crippen LogP contribution in [-0.4, -0.2) is 65.5 Å². The molecule has 0 aromatic carbocycles. The summed E-state index contributed by atoms with van der Waals surface area (Å²) in [5, 5.41) is 3.30. The molecule has 20 heavy (non-hydrogen) atoms. The lowest BCUT2D eigenvalue weighted by atomic mass is 10.2. The molecule has 1 atom stereocenters. The van der Waals surface area contributed by atoms with Crippen LogP contribution in [0.25, 0.3) is 0 Å². The molecule has 5 nitrogen and oxygen atoms in total. The second kappa shape index (κ2) is 8.74. The molecule has 1 N–H and O–H groups in total. The maximum atomic E-state index is 12.6. The van der Waals surface area contributed by atoms with Crippen molar-refractivity contribution in [3.63, 3.8) is 0 Å². The lowest BCUT2D eigenvalue weighted by Gasteiger charge is -2.28. The third kappa shape index (κ3) is 4.27. The maximum absolute atomic E-state index is 12.6. The van der Waals surface area contributed by atoms with Crippen molar-refractivity contribution in [3.8, 4) is 0 Å². The second-order valence-electron chi connectivity index (χ2n) is 5.06. The molecule has 0 spiro atoms. The van der Waals surface area contributed by atoms with Crippen molar-refractivity contribution in [1.82, 2.24) is 15.1 Å². The van der Waals surface area contributed by atoms with Crippen LogP contribution in [0.1, 0.15) is 26.2 Å². The third-order valence-corrected chi connectivity index (χ3v) is 4.62. The Morgan fingerprint density at radius 3 is 2.85 bits per heavy atom. The van der Waals surface area contributed by atoms with E-state index in [1.165, 1.54) is 0 Å². The van der Waals surface area contributed by atoms with Gasteiger partial charge < -0.3 is 15.1 Å². The zero-order valence-corrected chi connectivity index (χ0v) is 13.6. The molecule has 2 amide bonds. The van der Waals surface area contributed by atoms with Crippen LogP contribution >= 0.6 is 24.2 Å². The number of hydrogen-bond acceptors (Lipinski definition) is 4. The number of carbonyl (C=O) groups is 2. The van der Waals surface area contributed by atoms with Gasteiger partial charge in [-0.2, -0.15) is 0 Å². The van der Waals surface area contributed by atoms with Gasteiger partial charge in [-0.3, -0.25) is 9.59 Å². The Balaban J connectivity index is 0.00000200. The van der Waals surface area contributed by atoms with Gasteiger partial charge in [0.1, 0.15) is 6.04 Å². The minimum absolute atomic E-state index is 0. The van der Waals surface area contributed by atoms with Gasteiger partial charge >= 0.3 is 0 Å². The van der Waals surface area contributed by atoms with Gasteiger partial charge in [-0.1, -0.05) is 6.92 Å². The van der Waals surface area contributed by atoms with Gasteiger partial charge in [0.2, 0.25) is 11.8 Å². The van der Waals surface area contributed by atoms with Crippen molar-refractivity contribution < 1.29 is 9.59 Å². The van der Waals surface area contributed by atoms with Gasteiger partial charge in [-0.25, -0.2) is 0 Å². The average Bonchev–Trinajstić information content (AvgIpc) is 2.73. The second-order valence-corrected chi connectivity index (χ2v) is 6.06. The number of rotatable bonds is 3. The lowest BCUT2D eigenvalue weighted by molar-refractivity contribution is -0.143. The van der Waals surface area contributed by atoms with E-state index in [4.69, 9.17) is 0 Å². The fraction of sp³-hybridized carbons (Fsp3) is 0.846. The van der Waals surface area contributed by atoms with E-state index in [-0.39, 0.29) is 30.3 Å². The quantitative estimate of drug-likeness (QED) is 0.840. The number of nitrogens with zero attached hydrogens (tertiary/aromatic N) is 2. The zero-order valence-electron chi connectivity index (χ0n) is 12.0. The molecule has 116 valence electrons. The largest absolute Gasteiger partial charge is 0.340 e. The van der Waals surface area contributed by atoms with Crippen molar-refractivity contribution in [2.45, 2.75) is 32.2 Å². The average molecular weight is 322 g/mol. The molecule has 2 aliphatic heterocycles. The molecule has 0 aliphatic carbocycles. The van der Waals surface area contributed by atoms with Gasteiger partial charge in [0, 0.05) is 31.8 Å². The van der Waals surface area contributed by atoms with Crippen molar-refractivity contribution in [2.24, 2.45) is 0 Å². The predicted octanol–water partition coefficient (Wildman–Crippen LogP) is 0.932. The molecule has 2 rings (SSSR count). The third-order valence-electron chi connectivity index (χ3n) is 3.60. The summed E-state index contributed by atoms with van der Waals surface area (Å²) in [5.74, 6) is 1.68. The first-order valence-corrected chi connectivity index (χ1v) is 8.26. The van der Waals surface area contributed by atoms with E-state index in [0.29, 0.717) is 12.3 Å². The monoisotopic (exact) mass is 321 g/mol. The van der Waals surface area contributed by atoms with Crippen LogP contribution in [0.5, 0.6) is 0 Å². The highest BCUT2D eigenvalue weighted by atomic mass is 35.5. The Labute approximate surface area is 131 Å². The van der Waals surface area contributed by atoms with Crippen LogP contribution in [0.3, 0.4) is 0 Å². The Morgan fingerprint density at radius 2 is 2.10 bits per heavy atom. The SMILES string of the molecule is CCCC(=O)N1CSCC1C(=O)N1CCCNCC1.Cl. The first-order valence-electron chi connectivity index (χ1n) is 7.10. The molecule has 0 aromatic heterocycles. The Morgan fingerprint density at radius 1 is 1.30 bits per heavy atom. The van der Waals surface area contributed by atoms with Crippen molar-refractivity contribution >= 4 is 36.0 Å². The van der Waals surface area contributed by atoms with E-state index in [9.17, 15) is 9.59 Å². The number of halogens is 1. The number of thioether (sulfide) groups is 1. The van der Waals surface area contributed by atoms with E-state index >= 15 is 0 Å². The summed E-state index contributed by atoms with van der Waals surface area (Å²) in [6.45, 7) is 5.40. The van der Waals surface area contributed by atoms with Crippen molar-refractivity contribution in [3.05, 3.63) is 0 Å². The number of nitrogens with one attached hydrogen (secondary N) is 1. The molecular weight excluding hydrogens is 298 g/mol. The summed E-state index contributed by atoms with van der Waals surface area (Å²) in [5.41, 5.74) is 0. The molecule has 7 heteroatoms. The van der Waals surface area contributed by atoms with Gasteiger partial charge in [0.25, 0.3) is 0 Å². The molecule has 1 unspecified atom stereocenters. The Bertz CT molecular complexity index is 336. The topological polar surface area (TPSA) is 52.7 Å². The standard InChI is InChI=1S/C13H23N3O2S.ClH/c1-2-4-12(17)16-10-19-9-11(16)13(18)15-7-3-5-14-6-8-15;/h11,14H,2-10H2,1H3;1H. The van der Waals surface area contributed by atoms with Crippen LogP contribution in [0.4, 0.5) is 0 Å². The molecule has 2 heterocycles. The highest BCUT2D eigenvalue weighted by Crippen LogP contribution is 2.23. The van der Waals surface area contributed by atoms with Crippen molar-refractivity contribution in [1.29, 1.82) is 0 Å². The first kappa shape index (κ1) is 17.6. The number of carbonyl (C=O) groups excluding carboxylic acids is 2. The fourth-order valence-corrected chi connectivity index (χ4v) is 3.70. The van der Waals surface area contributed by atoms with Crippen LogP contribution in [-0.2, 0) is 9.59 Å². The van der Waals surface area contributed by atoms with E-state index in [1.807, 2.05) is 11.8 Å². The molecule has 0 aromatic rings. The highest BCUT2D eigenvalue weighted by molar-refractivity contribution is 7.99. The Hall–Kier alpha value is -0.460. The smallest absolute Gasteiger partial charge is 0.246 e. The minimum atomic E-state index is -0.234. The summed E-state index contributed by atoms with van der Waals surface area (Å²) in [6.07, 6.45) is 2.38. The van der Waals surface area contributed by atoms with Crippen molar-refractivity contribution in [2.75, 3.05) is 37.8 Å². The molecule has 0 radical (unpaired) electrons. The normalized spacial score (nSPS) is 23.1. The molecule has 2 saturated heterocycles. The minimum Gasteiger partial charge on any atom is -0.340 e. The number of hydrogen-bond donors (Lipinski definition) is 1. The van der Waals surface area contributed by atoms with Gasteiger partial charge in [0.15, 0.2) is 0 Å². The Kier molecular flexibility index (Phi) is 7.69. The summed E-state index contributed by atoms with van der Waals surface area (Å²) in [4.78, 5) is 28.3. The van der Waals surface area contributed by atoms with Crippen LogP contribution in [0.2, 0.25) is 0 Å². The first-order chi connectivity index (χ1) is 9.24. The highest BCUT2D eigenvalue weighted by Gasteiger charge is 2.36. The molecule has 2 fully saturated rings. The van der Waals surface area contributed by atoms with Crippen LogP contribution in [0, 0.1) is 0 Å². The zero-order chi connectivity index (χ0) is 13.7. The molecule has 2 aliphatic rings. The van der Waals surface area contributed by atoms with E-state index in [2.05, 4.69) is 5.32 Å². The summed E-state index contributed by atoms with van der Waals surface area (Å²) in [6, 6.07) is -0.234. The van der Waals surface area contributed by atoms with E-state index in [0.717, 1.165) is 44.8 Å². The fourth-order valence-electron chi connectivity index (χ4n) is 2.53. The van der Waals surface area contributed by atoms with Gasteiger partial charge in [0.05, 0.1) is 5.88 Å². The maximum Gasteiger partial charge on any atom is 0.246 e. The summed E-state index contributed by atoms with van der Waals surface area (Å²) < 4.78 is 0. The summed E-state index contributed by atoms with van der Waals surface area (Å²) in [7, 11) is 0. The van der Waals surface area contributed by atoms with Gasteiger partial charge in [-0.05, 0) is 19.4 Å². The molecular formula is C13H24ClN3O2S.